The summed E-state index contributed by atoms with van der Waals surface area (Å²) in [6.45, 7) is -0.732. The number of halogens is 1. The molecule has 40 heavy (non-hydrogen) atoms. The highest BCUT2D eigenvalue weighted by Crippen LogP contribution is 2.21. The van der Waals surface area contributed by atoms with Crippen LogP contribution in [0.3, 0.4) is 0 Å². The van der Waals surface area contributed by atoms with Gasteiger partial charge in [0.2, 0.25) is 0 Å². The SMILES string of the molecule is O=C(CN(c1ccccn1)S(=O)(=O)c1ccccc1)N/N=C\c1ccc(OCC(=O)Nc2cccc(Cl)c2)cc1. The number of benzene rings is 3. The molecule has 10 nitrogen and oxygen atoms in total. The summed E-state index contributed by atoms with van der Waals surface area (Å²) in [6.07, 6.45) is 2.84. The number of carbonyl (C=O) groups is 2. The Morgan fingerprint density at radius 2 is 1.68 bits per heavy atom. The van der Waals surface area contributed by atoms with Crippen LogP contribution in [-0.2, 0) is 19.6 Å². The fourth-order valence-corrected chi connectivity index (χ4v) is 5.00. The lowest BCUT2D eigenvalue weighted by atomic mass is 10.2. The van der Waals surface area contributed by atoms with Crippen molar-refractivity contribution < 1.29 is 22.7 Å². The third-order valence-electron chi connectivity index (χ3n) is 5.28. The van der Waals surface area contributed by atoms with Gasteiger partial charge in [-0.3, -0.25) is 9.59 Å². The minimum atomic E-state index is -4.05. The number of nitrogens with one attached hydrogen (secondary N) is 2. The molecule has 2 N–H and O–H groups in total. The van der Waals surface area contributed by atoms with E-state index >= 15 is 0 Å². The second-order valence-electron chi connectivity index (χ2n) is 8.22. The highest BCUT2D eigenvalue weighted by Gasteiger charge is 2.27. The molecule has 3 aromatic carbocycles. The molecule has 0 aliphatic heterocycles. The fraction of sp³-hybridized carbons (Fsp3) is 0.0714. The van der Waals surface area contributed by atoms with E-state index < -0.39 is 22.5 Å². The third kappa shape index (κ3) is 7.88. The molecule has 0 unspecified atom stereocenters. The number of nitrogens with zero attached hydrogens (tertiary/aromatic N) is 3. The lowest BCUT2D eigenvalue weighted by molar-refractivity contribution is -0.119. The first-order chi connectivity index (χ1) is 19.3. The third-order valence-corrected chi connectivity index (χ3v) is 7.28. The van der Waals surface area contributed by atoms with Gasteiger partial charge in [0.25, 0.3) is 21.8 Å². The fourth-order valence-electron chi connectivity index (χ4n) is 3.42. The van der Waals surface area contributed by atoms with E-state index in [0.29, 0.717) is 22.0 Å². The monoisotopic (exact) mass is 577 g/mol. The summed E-state index contributed by atoms with van der Waals surface area (Å²) in [7, 11) is -4.05. The average molecular weight is 578 g/mol. The minimum absolute atomic E-state index is 0.0289. The first-order valence-corrected chi connectivity index (χ1v) is 13.7. The largest absolute Gasteiger partial charge is 0.484 e. The second kappa shape index (κ2) is 13.4. The first-order valence-electron chi connectivity index (χ1n) is 11.9. The van der Waals surface area contributed by atoms with Gasteiger partial charge in [0.05, 0.1) is 11.1 Å². The maximum absolute atomic E-state index is 13.2. The van der Waals surface area contributed by atoms with Gasteiger partial charge in [-0.25, -0.2) is 23.1 Å². The van der Waals surface area contributed by atoms with Gasteiger partial charge in [-0.2, -0.15) is 5.10 Å². The molecule has 0 aliphatic rings. The summed E-state index contributed by atoms with van der Waals surface area (Å²) < 4.78 is 32.9. The molecule has 0 saturated carbocycles. The molecule has 4 aromatic rings. The molecule has 0 aliphatic carbocycles. The van der Waals surface area contributed by atoms with Crippen LogP contribution in [0.15, 0.2) is 113 Å². The standard InChI is InChI=1S/C28H24ClN5O5S/c29-22-7-6-8-23(17-22)32-28(36)20-39-24-14-12-21(13-15-24)18-31-33-27(35)19-34(26-11-4-5-16-30-26)40(37,38)25-9-2-1-3-10-25/h1-18H,19-20H2,(H,32,36)(H,33,35)/b31-18-. The Bertz CT molecular complexity index is 1580. The Labute approximate surface area is 236 Å². The number of aromatic nitrogens is 1. The second-order valence-corrected chi connectivity index (χ2v) is 10.5. The van der Waals surface area contributed by atoms with E-state index in [1.165, 1.54) is 30.6 Å². The van der Waals surface area contributed by atoms with Crippen LogP contribution in [-0.4, -0.2) is 44.6 Å². The van der Waals surface area contributed by atoms with Crippen LogP contribution in [0.4, 0.5) is 11.5 Å². The molecule has 1 aromatic heterocycles. The van der Waals surface area contributed by atoms with Gasteiger partial charge >= 0.3 is 0 Å². The summed E-state index contributed by atoms with van der Waals surface area (Å²) >= 11 is 5.91. The molecular formula is C28H24ClN5O5S. The van der Waals surface area contributed by atoms with E-state index in [0.717, 1.165) is 4.31 Å². The maximum atomic E-state index is 13.2. The zero-order valence-electron chi connectivity index (χ0n) is 21.0. The van der Waals surface area contributed by atoms with Crippen molar-refractivity contribution in [2.75, 3.05) is 22.8 Å². The molecule has 0 bridgehead atoms. The zero-order chi connectivity index (χ0) is 28.4. The number of sulfonamides is 1. The van der Waals surface area contributed by atoms with E-state index in [9.17, 15) is 18.0 Å². The molecule has 2 amide bonds. The van der Waals surface area contributed by atoms with Gasteiger partial charge in [-0.15, -0.1) is 0 Å². The van der Waals surface area contributed by atoms with Crippen molar-refractivity contribution in [1.29, 1.82) is 0 Å². The normalized spacial score (nSPS) is 11.1. The quantitative estimate of drug-likeness (QED) is 0.204. The number of rotatable bonds is 11. The Balaban J connectivity index is 1.32. The average Bonchev–Trinajstić information content (AvgIpc) is 2.96. The number of anilines is 2. The summed E-state index contributed by atoms with van der Waals surface area (Å²) in [5.74, 6) is -0.446. The molecule has 4 rings (SSSR count). The molecule has 0 fully saturated rings. The first kappa shape index (κ1) is 28.3. The van der Waals surface area contributed by atoms with E-state index in [-0.39, 0.29) is 23.2 Å². The van der Waals surface area contributed by atoms with E-state index in [1.807, 2.05) is 0 Å². The van der Waals surface area contributed by atoms with Crippen molar-refractivity contribution in [3.63, 3.8) is 0 Å². The molecule has 0 atom stereocenters. The molecule has 204 valence electrons. The van der Waals surface area contributed by atoms with Crippen LogP contribution in [0.2, 0.25) is 5.02 Å². The van der Waals surface area contributed by atoms with Gasteiger partial charge in [0, 0.05) is 16.9 Å². The summed E-state index contributed by atoms with van der Waals surface area (Å²) in [6, 6.07) is 26.0. The van der Waals surface area contributed by atoms with E-state index in [1.54, 1.807) is 78.9 Å². The summed E-state index contributed by atoms with van der Waals surface area (Å²) in [5.41, 5.74) is 3.54. The minimum Gasteiger partial charge on any atom is -0.484 e. The van der Waals surface area contributed by atoms with Gasteiger partial charge < -0.3 is 10.1 Å². The molecule has 0 spiro atoms. The Morgan fingerprint density at radius 3 is 2.38 bits per heavy atom. The zero-order valence-corrected chi connectivity index (χ0v) is 22.5. The smallest absolute Gasteiger partial charge is 0.265 e. The molecule has 0 saturated heterocycles. The van der Waals surface area contributed by atoms with Crippen molar-refractivity contribution in [1.82, 2.24) is 10.4 Å². The number of pyridine rings is 1. The van der Waals surface area contributed by atoms with Gasteiger partial charge in [0.1, 0.15) is 18.1 Å². The topological polar surface area (TPSA) is 130 Å². The predicted molar refractivity (Wildman–Crippen MR) is 153 cm³/mol. The van der Waals surface area contributed by atoms with Crippen LogP contribution in [0, 0.1) is 0 Å². The highest BCUT2D eigenvalue weighted by molar-refractivity contribution is 7.92. The number of hydrogen-bond donors (Lipinski definition) is 2. The lowest BCUT2D eigenvalue weighted by Gasteiger charge is -2.22. The van der Waals surface area contributed by atoms with Crippen molar-refractivity contribution in [2.24, 2.45) is 5.10 Å². The molecule has 12 heteroatoms. The highest BCUT2D eigenvalue weighted by atomic mass is 35.5. The van der Waals surface area contributed by atoms with Crippen molar-refractivity contribution in [3.05, 3.63) is 114 Å². The van der Waals surface area contributed by atoms with Crippen LogP contribution >= 0.6 is 11.6 Å². The van der Waals surface area contributed by atoms with Crippen LogP contribution < -0.4 is 19.8 Å². The Hall–Kier alpha value is -4.74. The van der Waals surface area contributed by atoms with Gasteiger partial charge in [-0.1, -0.05) is 41.9 Å². The predicted octanol–water partition coefficient (Wildman–Crippen LogP) is 4.10. The Morgan fingerprint density at radius 1 is 0.925 bits per heavy atom. The molecule has 0 radical (unpaired) electrons. The van der Waals surface area contributed by atoms with Crippen molar-refractivity contribution in [3.8, 4) is 5.75 Å². The number of hydrazone groups is 1. The number of hydrogen-bond acceptors (Lipinski definition) is 7. The molecular weight excluding hydrogens is 554 g/mol. The van der Waals surface area contributed by atoms with Gasteiger partial charge in [-0.05, 0) is 72.3 Å². The van der Waals surface area contributed by atoms with Crippen LogP contribution in [0.1, 0.15) is 5.56 Å². The number of carbonyl (C=O) groups excluding carboxylic acids is 2. The van der Waals surface area contributed by atoms with Crippen LogP contribution in [0.25, 0.3) is 0 Å². The number of amides is 2. The van der Waals surface area contributed by atoms with Gasteiger partial charge in [0.15, 0.2) is 6.61 Å². The summed E-state index contributed by atoms with van der Waals surface area (Å²) in [4.78, 5) is 28.8. The van der Waals surface area contributed by atoms with Crippen molar-refractivity contribution in [2.45, 2.75) is 4.90 Å². The lowest BCUT2D eigenvalue weighted by Crippen LogP contribution is -2.40. The van der Waals surface area contributed by atoms with E-state index in [2.05, 4.69) is 20.8 Å². The number of ether oxygens (including phenoxy) is 1. The van der Waals surface area contributed by atoms with E-state index in [4.69, 9.17) is 16.3 Å². The Kier molecular flexibility index (Phi) is 9.44. The van der Waals surface area contributed by atoms with Crippen LogP contribution in [0.5, 0.6) is 5.75 Å². The summed E-state index contributed by atoms with van der Waals surface area (Å²) in [5, 5.41) is 7.12. The molecule has 1 heterocycles. The van der Waals surface area contributed by atoms with Crippen molar-refractivity contribution >= 4 is 51.2 Å². The maximum Gasteiger partial charge on any atom is 0.265 e.